The molecule has 0 radical (unpaired) electrons. The Kier molecular flexibility index (Phi) is 7.29. The summed E-state index contributed by atoms with van der Waals surface area (Å²) in [5, 5.41) is 0. The van der Waals surface area contributed by atoms with Crippen LogP contribution >= 0.6 is 0 Å². The summed E-state index contributed by atoms with van der Waals surface area (Å²) in [6.45, 7) is 5.56. The molecule has 1 heterocycles. The fourth-order valence-corrected chi connectivity index (χ4v) is 4.22. The summed E-state index contributed by atoms with van der Waals surface area (Å²) in [7, 11) is 0. The summed E-state index contributed by atoms with van der Waals surface area (Å²) >= 11 is 0. The number of esters is 2. The number of hydrogen-bond acceptors (Lipinski definition) is 6. The number of rotatable bonds is 7. The monoisotopic (exact) mass is 485 g/mol. The van der Waals surface area contributed by atoms with E-state index >= 15 is 0 Å². The molecule has 36 heavy (non-hydrogen) atoms. The average Bonchev–Trinajstić information content (AvgIpc) is 3.24. The molecule has 1 saturated heterocycles. The maximum Gasteiger partial charge on any atom is 0.343 e. The van der Waals surface area contributed by atoms with Gasteiger partial charge >= 0.3 is 11.9 Å². The molecule has 4 rings (SSSR count). The predicted molar refractivity (Wildman–Crippen MR) is 134 cm³/mol. The highest BCUT2D eigenvalue weighted by atomic mass is 16.5. The molecule has 0 bridgehead atoms. The van der Waals surface area contributed by atoms with Crippen molar-refractivity contribution in [2.24, 2.45) is 5.92 Å². The van der Waals surface area contributed by atoms with Gasteiger partial charge in [-0.25, -0.2) is 4.79 Å². The van der Waals surface area contributed by atoms with E-state index in [2.05, 4.69) is 0 Å². The van der Waals surface area contributed by atoms with Crippen LogP contribution in [0, 0.1) is 26.7 Å². The van der Waals surface area contributed by atoms with Crippen molar-refractivity contribution in [3.63, 3.8) is 0 Å². The number of benzene rings is 3. The minimum atomic E-state index is -0.632. The van der Waals surface area contributed by atoms with Gasteiger partial charge in [-0.2, -0.15) is 0 Å². The van der Waals surface area contributed by atoms with Crippen molar-refractivity contribution in [2.75, 3.05) is 18.1 Å². The van der Waals surface area contributed by atoms with Crippen LogP contribution in [0.1, 0.15) is 43.8 Å². The highest BCUT2D eigenvalue weighted by Crippen LogP contribution is 2.31. The van der Waals surface area contributed by atoms with Crippen LogP contribution in [0.5, 0.6) is 5.75 Å². The maximum absolute atomic E-state index is 12.6. The van der Waals surface area contributed by atoms with Gasteiger partial charge in [0, 0.05) is 24.2 Å². The SMILES string of the molecule is Cc1ccc(C(=O)Oc2ccc(C(=O)COC(=O)[C@@H]3CC(=O)N(c4c(C)cccc4C)C3)cc2)cc1. The van der Waals surface area contributed by atoms with Gasteiger partial charge in [0.05, 0.1) is 11.5 Å². The van der Waals surface area contributed by atoms with E-state index in [0.29, 0.717) is 16.9 Å². The molecule has 3 aromatic carbocycles. The van der Waals surface area contributed by atoms with Crippen molar-refractivity contribution in [3.8, 4) is 5.75 Å². The topological polar surface area (TPSA) is 90.0 Å². The van der Waals surface area contributed by atoms with E-state index in [1.807, 2.05) is 51.1 Å². The number of ketones is 1. The van der Waals surface area contributed by atoms with Crippen molar-refractivity contribution < 1.29 is 28.7 Å². The number of anilines is 1. The van der Waals surface area contributed by atoms with Crippen LogP contribution in [0.4, 0.5) is 5.69 Å². The highest BCUT2D eigenvalue weighted by molar-refractivity contribution is 6.02. The average molecular weight is 486 g/mol. The molecule has 1 aliphatic heterocycles. The van der Waals surface area contributed by atoms with Gasteiger partial charge in [-0.05, 0) is 68.3 Å². The fraction of sp³-hybridized carbons (Fsp3) is 0.241. The van der Waals surface area contributed by atoms with Crippen molar-refractivity contribution in [3.05, 3.63) is 94.5 Å². The molecular weight excluding hydrogens is 458 g/mol. The van der Waals surface area contributed by atoms with Gasteiger partial charge in [-0.15, -0.1) is 0 Å². The summed E-state index contributed by atoms with van der Waals surface area (Å²) in [5.74, 6) is -1.94. The van der Waals surface area contributed by atoms with Gasteiger partial charge < -0.3 is 14.4 Å². The van der Waals surface area contributed by atoms with E-state index in [-0.39, 0.29) is 18.9 Å². The molecule has 0 aliphatic carbocycles. The second kappa shape index (κ2) is 10.6. The first-order valence-electron chi connectivity index (χ1n) is 11.7. The van der Waals surface area contributed by atoms with E-state index < -0.39 is 30.2 Å². The number of Topliss-reactive ketones (excluding diaryl/α,β-unsaturated/α-hetero) is 1. The van der Waals surface area contributed by atoms with Crippen LogP contribution in [-0.4, -0.2) is 36.8 Å². The van der Waals surface area contributed by atoms with Gasteiger partial charge in [0.25, 0.3) is 0 Å². The molecule has 1 atom stereocenters. The van der Waals surface area contributed by atoms with Gasteiger partial charge in [0.15, 0.2) is 12.4 Å². The molecule has 184 valence electrons. The Labute approximate surface area is 209 Å². The third kappa shape index (κ3) is 5.51. The fourth-order valence-electron chi connectivity index (χ4n) is 4.22. The normalized spacial score (nSPS) is 15.0. The molecule has 7 nitrogen and oxygen atoms in total. The van der Waals surface area contributed by atoms with Crippen LogP contribution in [0.25, 0.3) is 0 Å². The Morgan fingerprint density at radius 1 is 0.861 bits per heavy atom. The lowest BCUT2D eigenvalue weighted by atomic mass is 10.1. The Morgan fingerprint density at radius 2 is 1.47 bits per heavy atom. The zero-order valence-electron chi connectivity index (χ0n) is 20.4. The Balaban J connectivity index is 1.31. The van der Waals surface area contributed by atoms with Crippen LogP contribution < -0.4 is 9.64 Å². The van der Waals surface area contributed by atoms with Crippen LogP contribution in [-0.2, 0) is 14.3 Å². The zero-order valence-corrected chi connectivity index (χ0v) is 20.4. The number of hydrogen-bond donors (Lipinski definition) is 0. The summed E-state index contributed by atoms with van der Waals surface area (Å²) < 4.78 is 10.6. The molecule has 0 N–H and O–H groups in total. The number of aryl methyl sites for hydroxylation is 3. The van der Waals surface area contributed by atoms with Crippen LogP contribution in [0.3, 0.4) is 0 Å². The van der Waals surface area contributed by atoms with E-state index in [0.717, 1.165) is 22.4 Å². The smallest absolute Gasteiger partial charge is 0.343 e. The third-order valence-corrected chi connectivity index (χ3v) is 6.19. The minimum Gasteiger partial charge on any atom is -0.457 e. The Bertz CT molecular complexity index is 1290. The van der Waals surface area contributed by atoms with E-state index in [9.17, 15) is 19.2 Å². The molecule has 1 fully saturated rings. The first-order valence-corrected chi connectivity index (χ1v) is 11.7. The van der Waals surface area contributed by atoms with Crippen LogP contribution in [0.2, 0.25) is 0 Å². The molecule has 0 saturated carbocycles. The van der Waals surface area contributed by atoms with E-state index in [1.165, 1.54) is 24.3 Å². The first kappa shape index (κ1) is 24.9. The number of para-hydroxylation sites is 1. The molecule has 7 heteroatoms. The van der Waals surface area contributed by atoms with Crippen molar-refractivity contribution >= 4 is 29.3 Å². The molecular formula is C29H27NO6. The lowest BCUT2D eigenvalue weighted by molar-refractivity contribution is -0.147. The quantitative estimate of drug-likeness (QED) is 0.276. The number of amides is 1. The molecule has 1 aliphatic rings. The largest absolute Gasteiger partial charge is 0.457 e. The first-order chi connectivity index (χ1) is 17.2. The van der Waals surface area contributed by atoms with E-state index in [4.69, 9.17) is 9.47 Å². The summed E-state index contributed by atoms with van der Waals surface area (Å²) in [6.07, 6.45) is 0.0435. The van der Waals surface area contributed by atoms with E-state index in [1.54, 1.807) is 17.0 Å². The Morgan fingerprint density at radius 3 is 2.11 bits per heavy atom. The maximum atomic E-state index is 12.6. The number of carbonyl (C=O) groups is 4. The number of ether oxygens (including phenoxy) is 2. The lowest BCUT2D eigenvalue weighted by Crippen LogP contribution is -2.28. The minimum absolute atomic E-state index is 0.0435. The highest BCUT2D eigenvalue weighted by Gasteiger charge is 2.37. The second-order valence-corrected chi connectivity index (χ2v) is 8.96. The molecule has 3 aromatic rings. The third-order valence-electron chi connectivity index (χ3n) is 6.19. The summed E-state index contributed by atoms with van der Waals surface area (Å²) in [5.41, 5.74) is 4.51. The summed E-state index contributed by atoms with van der Waals surface area (Å²) in [4.78, 5) is 51.6. The van der Waals surface area contributed by atoms with Crippen molar-refractivity contribution in [1.29, 1.82) is 0 Å². The van der Waals surface area contributed by atoms with Gasteiger partial charge in [-0.3, -0.25) is 14.4 Å². The summed E-state index contributed by atoms with van der Waals surface area (Å²) in [6, 6.07) is 18.8. The lowest BCUT2D eigenvalue weighted by Gasteiger charge is -2.21. The zero-order chi connectivity index (χ0) is 25.8. The standard InChI is InChI=1S/C29H27NO6/c1-18-7-9-22(10-8-18)29(34)36-24-13-11-21(12-14-24)25(31)17-35-28(33)23-15-26(32)30(16-23)27-19(2)5-4-6-20(27)3/h4-14,23H,15-17H2,1-3H3/t23-/m1/s1. The number of nitrogens with zero attached hydrogens (tertiary/aromatic N) is 1. The number of carbonyl (C=O) groups excluding carboxylic acids is 4. The molecule has 0 spiro atoms. The Hall–Kier alpha value is -4.26. The van der Waals surface area contributed by atoms with Gasteiger partial charge in [0.2, 0.25) is 5.91 Å². The van der Waals surface area contributed by atoms with Crippen molar-refractivity contribution in [1.82, 2.24) is 0 Å². The predicted octanol–water partition coefficient (Wildman–Crippen LogP) is 4.61. The van der Waals surface area contributed by atoms with Gasteiger partial charge in [-0.1, -0.05) is 35.9 Å². The van der Waals surface area contributed by atoms with Gasteiger partial charge in [0.1, 0.15) is 5.75 Å². The molecule has 1 amide bonds. The van der Waals surface area contributed by atoms with Crippen LogP contribution in [0.15, 0.2) is 66.7 Å². The molecule has 0 aromatic heterocycles. The molecule has 0 unspecified atom stereocenters. The second-order valence-electron chi connectivity index (χ2n) is 8.96. The van der Waals surface area contributed by atoms with Crippen molar-refractivity contribution in [2.45, 2.75) is 27.2 Å².